The lowest BCUT2D eigenvalue weighted by Gasteiger charge is -2.22. The molecule has 0 aliphatic carbocycles. The van der Waals surface area contributed by atoms with Gasteiger partial charge in [0.2, 0.25) is 0 Å². The van der Waals surface area contributed by atoms with Gasteiger partial charge in [0.25, 0.3) is 5.91 Å². The Morgan fingerprint density at radius 2 is 1.70 bits per heavy atom. The monoisotopic (exact) mass is 375 g/mol. The summed E-state index contributed by atoms with van der Waals surface area (Å²) in [7, 11) is 0. The molecule has 1 heterocycles. The largest absolute Gasteiger partial charge is 0.480 e. The molecule has 2 N–H and O–H groups in total. The van der Waals surface area contributed by atoms with Gasteiger partial charge in [0, 0.05) is 16.5 Å². The molecule has 1 amide bonds. The zero-order valence-electron chi connectivity index (χ0n) is 16.4. The minimum absolute atomic E-state index is 0.262. The van der Waals surface area contributed by atoms with Crippen LogP contribution in [0, 0.1) is 26.7 Å². The summed E-state index contributed by atoms with van der Waals surface area (Å²) in [5.74, 6) is -1.49. The summed E-state index contributed by atoms with van der Waals surface area (Å²) in [6, 6.07) is 2.50. The first-order valence-electron chi connectivity index (χ1n) is 8.78. The van der Waals surface area contributed by atoms with Crippen LogP contribution in [0.3, 0.4) is 0 Å². The van der Waals surface area contributed by atoms with Crippen LogP contribution in [0.5, 0.6) is 5.75 Å². The average molecular weight is 375 g/mol. The van der Waals surface area contributed by atoms with Gasteiger partial charge in [-0.05, 0) is 51.3 Å². The van der Waals surface area contributed by atoms with Gasteiger partial charge < -0.3 is 19.6 Å². The third-order valence-corrected chi connectivity index (χ3v) is 4.73. The summed E-state index contributed by atoms with van der Waals surface area (Å²) in [5, 5.41) is 12.5. The van der Waals surface area contributed by atoms with Crippen LogP contribution in [0.1, 0.15) is 37.5 Å². The van der Waals surface area contributed by atoms with Gasteiger partial charge in [0.05, 0.1) is 0 Å². The van der Waals surface area contributed by atoms with E-state index >= 15 is 0 Å². The van der Waals surface area contributed by atoms with Crippen molar-refractivity contribution in [2.75, 3.05) is 0 Å². The van der Waals surface area contributed by atoms with E-state index in [0.29, 0.717) is 22.5 Å². The smallest absolute Gasteiger partial charge is 0.339 e. The number of aryl methyl sites for hydroxylation is 2. The SMILES string of the molecule is Cc1c(C)c2ccc(O[C@@H](C)C(=O)N[C@H](C(=O)O)C(C)C)c(C)c2oc1=O. The van der Waals surface area contributed by atoms with Gasteiger partial charge in [0.1, 0.15) is 17.4 Å². The number of carboxylic acids is 1. The highest BCUT2D eigenvalue weighted by Crippen LogP contribution is 2.29. The molecule has 27 heavy (non-hydrogen) atoms. The Balaban J connectivity index is 2.29. The van der Waals surface area contributed by atoms with Crippen LogP contribution in [0.25, 0.3) is 11.0 Å². The van der Waals surface area contributed by atoms with Crippen LogP contribution < -0.4 is 15.7 Å². The van der Waals surface area contributed by atoms with Crippen molar-refractivity contribution in [3.8, 4) is 5.75 Å². The molecule has 1 aromatic carbocycles. The summed E-state index contributed by atoms with van der Waals surface area (Å²) in [6.07, 6.45) is -0.917. The first kappa shape index (κ1) is 20.5. The molecule has 0 fully saturated rings. The number of nitrogens with one attached hydrogen (secondary N) is 1. The molecule has 7 nitrogen and oxygen atoms in total. The molecule has 2 aromatic rings. The Labute approximate surface area is 157 Å². The van der Waals surface area contributed by atoms with Crippen molar-refractivity contribution in [2.45, 2.75) is 53.7 Å². The Kier molecular flexibility index (Phi) is 5.93. The summed E-state index contributed by atoms with van der Waals surface area (Å²) >= 11 is 0. The number of hydrogen-bond acceptors (Lipinski definition) is 5. The molecule has 0 aliphatic heterocycles. The zero-order valence-corrected chi connectivity index (χ0v) is 16.4. The number of rotatable bonds is 6. The molecule has 0 bridgehead atoms. The number of carbonyl (C=O) groups excluding carboxylic acids is 1. The molecule has 2 rings (SSSR count). The number of carbonyl (C=O) groups is 2. The topological polar surface area (TPSA) is 106 Å². The van der Waals surface area contributed by atoms with Crippen LogP contribution in [0.4, 0.5) is 0 Å². The van der Waals surface area contributed by atoms with E-state index in [-0.39, 0.29) is 5.92 Å². The molecule has 2 atom stereocenters. The lowest BCUT2D eigenvalue weighted by atomic mass is 10.0. The standard InChI is InChI=1S/C20H25NO6/c1-9(2)16(19(23)24)21-18(22)13(6)26-15-8-7-14-10(3)11(4)20(25)27-17(14)12(15)5/h7-9,13,16H,1-6H3,(H,21,22)(H,23,24)/t13-,16-/m0/s1. The van der Waals surface area contributed by atoms with Crippen LogP contribution in [-0.2, 0) is 9.59 Å². The average Bonchev–Trinajstić information content (AvgIpc) is 2.59. The summed E-state index contributed by atoms with van der Waals surface area (Å²) in [6.45, 7) is 10.3. The molecule has 0 saturated carbocycles. The van der Waals surface area contributed by atoms with Crippen molar-refractivity contribution >= 4 is 22.8 Å². The number of carboxylic acid groups (broad SMARTS) is 1. The molecule has 1 aromatic heterocycles. The quantitative estimate of drug-likeness (QED) is 0.752. The predicted molar refractivity (Wildman–Crippen MR) is 101 cm³/mol. The van der Waals surface area contributed by atoms with Crippen LogP contribution in [-0.4, -0.2) is 29.1 Å². The van der Waals surface area contributed by atoms with Gasteiger partial charge in [-0.15, -0.1) is 0 Å². The first-order chi connectivity index (χ1) is 12.5. The molecule has 0 saturated heterocycles. The second-order valence-corrected chi connectivity index (χ2v) is 7.03. The number of aliphatic carboxylic acids is 1. The summed E-state index contributed by atoms with van der Waals surface area (Å²) < 4.78 is 11.1. The fourth-order valence-corrected chi connectivity index (χ4v) is 2.78. The van der Waals surface area contributed by atoms with Crippen molar-refractivity contribution in [2.24, 2.45) is 5.92 Å². The van der Waals surface area contributed by atoms with Gasteiger partial charge in [-0.1, -0.05) is 13.8 Å². The van der Waals surface area contributed by atoms with Gasteiger partial charge in [-0.25, -0.2) is 9.59 Å². The van der Waals surface area contributed by atoms with E-state index in [1.54, 1.807) is 39.8 Å². The van der Waals surface area contributed by atoms with Crippen LogP contribution >= 0.6 is 0 Å². The Morgan fingerprint density at radius 1 is 1.07 bits per heavy atom. The van der Waals surface area contributed by atoms with E-state index in [1.165, 1.54) is 6.92 Å². The Hall–Kier alpha value is -2.83. The molecule has 7 heteroatoms. The number of hydrogen-bond donors (Lipinski definition) is 2. The van der Waals surface area contributed by atoms with Crippen molar-refractivity contribution in [1.29, 1.82) is 0 Å². The maximum Gasteiger partial charge on any atom is 0.339 e. The normalized spacial score (nSPS) is 13.4. The highest BCUT2D eigenvalue weighted by atomic mass is 16.5. The molecular formula is C20H25NO6. The minimum Gasteiger partial charge on any atom is -0.480 e. The van der Waals surface area contributed by atoms with Crippen LogP contribution in [0.15, 0.2) is 21.3 Å². The van der Waals surface area contributed by atoms with Crippen molar-refractivity contribution in [3.05, 3.63) is 39.2 Å². The second kappa shape index (κ2) is 7.82. The van der Waals surface area contributed by atoms with Crippen LogP contribution in [0.2, 0.25) is 0 Å². The fourth-order valence-electron chi connectivity index (χ4n) is 2.78. The highest BCUT2D eigenvalue weighted by Gasteiger charge is 2.27. The van der Waals surface area contributed by atoms with E-state index < -0.39 is 29.6 Å². The lowest BCUT2D eigenvalue weighted by molar-refractivity contribution is -0.144. The third-order valence-electron chi connectivity index (χ3n) is 4.73. The maximum absolute atomic E-state index is 12.3. The van der Waals surface area contributed by atoms with Gasteiger partial charge >= 0.3 is 11.6 Å². The Bertz CT molecular complexity index is 944. The predicted octanol–water partition coefficient (Wildman–Crippen LogP) is 2.71. The van der Waals surface area contributed by atoms with E-state index in [0.717, 1.165) is 10.9 Å². The van der Waals surface area contributed by atoms with E-state index in [1.807, 2.05) is 6.92 Å². The molecule has 0 spiro atoms. The minimum atomic E-state index is -1.10. The fraction of sp³-hybridized carbons (Fsp3) is 0.450. The van der Waals surface area contributed by atoms with Gasteiger partial charge in [-0.3, -0.25) is 4.79 Å². The lowest BCUT2D eigenvalue weighted by Crippen LogP contribution is -2.48. The number of fused-ring (bicyclic) bond motifs is 1. The highest BCUT2D eigenvalue weighted by molar-refractivity contribution is 5.87. The van der Waals surface area contributed by atoms with Crippen molar-refractivity contribution in [1.82, 2.24) is 5.32 Å². The van der Waals surface area contributed by atoms with Gasteiger partial charge in [0.15, 0.2) is 6.10 Å². The molecular weight excluding hydrogens is 350 g/mol. The number of ether oxygens (including phenoxy) is 1. The number of amides is 1. The molecule has 0 radical (unpaired) electrons. The molecule has 0 aliphatic rings. The summed E-state index contributed by atoms with van der Waals surface area (Å²) in [5.41, 5.74) is 2.00. The maximum atomic E-state index is 12.3. The zero-order chi connectivity index (χ0) is 20.5. The summed E-state index contributed by atoms with van der Waals surface area (Å²) in [4.78, 5) is 35.5. The third kappa shape index (κ3) is 4.13. The van der Waals surface area contributed by atoms with Gasteiger partial charge in [-0.2, -0.15) is 0 Å². The van der Waals surface area contributed by atoms with Crippen molar-refractivity contribution in [3.63, 3.8) is 0 Å². The van der Waals surface area contributed by atoms with Crippen molar-refractivity contribution < 1.29 is 23.8 Å². The molecule has 0 unspecified atom stereocenters. The number of benzene rings is 1. The Morgan fingerprint density at radius 3 is 2.26 bits per heavy atom. The van der Waals surface area contributed by atoms with E-state index in [2.05, 4.69) is 5.32 Å². The van der Waals surface area contributed by atoms with E-state index in [4.69, 9.17) is 9.15 Å². The van der Waals surface area contributed by atoms with E-state index in [9.17, 15) is 19.5 Å². The molecule has 146 valence electrons. The second-order valence-electron chi connectivity index (χ2n) is 7.03. The first-order valence-corrected chi connectivity index (χ1v) is 8.78.